The molecule has 0 spiro atoms. The van der Waals surface area contributed by atoms with Gasteiger partial charge in [0.2, 0.25) is 0 Å². The Balaban J connectivity index is 2.80. The van der Waals surface area contributed by atoms with Gasteiger partial charge in [-0.1, -0.05) is 13.3 Å². The smallest absolute Gasteiger partial charge is 0.294 e. The maximum Gasteiger partial charge on any atom is 0.329 e. The first-order valence-electron chi connectivity index (χ1n) is 6.92. The van der Waals surface area contributed by atoms with Gasteiger partial charge in [-0.25, -0.2) is 4.79 Å². The van der Waals surface area contributed by atoms with Gasteiger partial charge in [0, 0.05) is 23.5 Å². The molecule has 0 fully saturated rings. The average Bonchev–Trinajstić information content (AvgIpc) is 2.51. The molecule has 4 heteroatoms. The minimum Gasteiger partial charge on any atom is -0.294 e. The van der Waals surface area contributed by atoms with Gasteiger partial charge in [0.25, 0.3) is 0 Å². The van der Waals surface area contributed by atoms with Gasteiger partial charge in [-0.3, -0.25) is 9.13 Å². The summed E-state index contributed by atoms with van der Waals surface area (Å²) in [7, 11) is 6.44. The average molecular weight is 246 g/mol. The van der Waals surface area contributed by atoms with Crippen molar-refractivity contribution < 1.29 is 0 Å². The molecule has 0 amide bonds. The molecule has 1 aliphatic rings. The lowest BCUT2D eigenvalue weighted by Crippen LogP contribution is -2.33. The quantitative estimate of drug-likeness (QED) is 0.736. The van der Waals surface area contributed by atoms with Gasteiger partial charge >= 0.3 is 5.69 Å². The Labute approximate surface area is 111 Å². The first-order valence-corrected chi connectivity index (χ1v) is 6.92. The maximum atomic E-state index is 12.6. The van der Waals surface area contributed by atoms with Gasteiger partial charge in [0.1, 0.15) is 0 Å². The summed E-state index contributed by atoms with van der Waals surface area (Å²) in [4.78, 5) is 12.6. The minimum atomic E-state index is -0.378. The molecule has 0 aliphatic heterocycles. The third-order valence-corrected chi connectivity index (χ3v) is 3.90. The Morgan fingerprint density at radius 1 is 1.17 bits per heavy atom. The summed E-state index contributed by atoms with van der Waals surface area (Å²) in [5.41, 5.74) is 2.31. The number of aromatic nitrogens is 2. The molecule has 2 rings (SSSR count). The highest BCUT2D eigenvalue weighted by Gasteiger charge is 2.35. The molecule has 2 radical (unpaired) electrons. The lowest BCUT2D eigenvalue weighted by molar-refractivity contribution is 0.459. The molecule has 0 saturated carbocycles. The number of fused-ring (bicyclic) bond motifs is 1. The van der Waals surface area contributed by atoms with Crippen molar-refractivity contribution in [3.05, 3.63) is 21.9 Å². The summed E-state index contributed by atoms with van der Waals surface area (Å²) < 4.78 is 3.83. The molecule has 1 aliphatic carbocycles. The van der Waals surface area contributed by atoms with Crippen LogP contribution in [0.1, 0.15) is 70.9 Å². The van der Waals surface area contributed by atoms with Crippen LogP contribution in [-0.4, -0.2) is 17.0 Å². The fourth-order valence-corrected chi connectivity index (χ4v) is 3.18. The number of hydrogen-bond acceptors (Lipinski definition) is 1. The van der Waals surface area contributed by atoms with E-state index >= 15 is 0 Å². The SMILES string of the molecule is [B]C1(C)CCCc2c1n(C(C)C)c(=O)n2C(C)C. The highest BCUT2D eigenvalue weighted by molar-refractivity contribution is 6.15. The number of hydrogen-bond donors (Lipinski definition) is 0. The topological polar surface area (TPSA) is 26.9 Å². The first kappa shape index (κ1) is 13.5. The van der Waals surface area contributed by atoms with Crippen LogP contribution in [0.15, 0.2) is 4.79 Å². The fraction of sp³-hybridized carbons (Fsp3) is 0.786. The van der Waals surface area contributed by atoms with Crippen molar-refractivity contribution in [2.45, 2.75) is 71.3 Å². The summed E-state index contributed by atoms with van der Waals surface area (Å²) in [6.07, 6.45) is 2.98. The van der Waals surface area contributed by atoms with E-state index in [1.807, 2.05) is 16.1 Å². The Morgan fingerprint density at radius 2 is 1.72 bits per heavy atom. The standard InChI is InChI=1S/C14H23BN2O/c1-9(2)16-11-7-6-8-14(5,15)12(11)17(10(3)4)13(16)18/h9-10H,6-8H2,1-5H3. The molecule has 1 heterocycles. The van der Waals surface area contributed by atoms with Gasteiger partial charge in [-0.15, -0.1) is 0 Å². The first-order chi connectivity index (χ1) is 8.27. The molecule has 0 aromatic carbocycles. The molecule has 1 aromatic heterocycles. The Kier molecular flexibility index (Phi) is 3.24. The summed E-state index contributed by atoms with van der Waals surface area (Å²) >= 11 is 0. The minimum absolute atomic E-state index is 0.101. The molecule has 18 heavy (non-hydrogen) atoms. The molecule has 98 valence electrons. The van der Waals surface area contributed by atoms with E-state index in [0.29, 0.717) is 0 Å². The molecule has 3 nitrogen and oxygen atoms in total. The molecular formula is C14H23BN2O. The van der Waals surface area contributed by atoms with Gasteiger partial charge in [0.15, 0.2) is 0 Å². The fourth-order valence-electron chi connectivity index (χ4n) is 3.18. The van der Waals surface area contributed by atoms with Gasteiger partial charge < -0.3 is 0 Å². The predicted octanol–water partition coefficient (Wildman–Crippen LogP) is 2.53. The van der Waals surface area contributed by atoms with Crippen LogP contribution in [0.3, 0.4) is 0 Å². The molecule has 0 N–H and O–H groups in total. The van der Waals surface area contributed by atoms with Crippen LogP contribution in [0, 0.1) is 0 Å². The maximum absolute atomic E-state index is 12.6. The lowest BCUT2D eigenvalue weighted by Gasteiger charge is -2.33. The Bertz CT molecular complexity index is 509. The van der Waals surface area contributed by atoms with Crippen molar-refractivity contribution >= 4 is 7.85 Å². The van der Waals surface area contributed by atoms with Crippen LogP contribution in [0.4, 0.5) is 0 Å². The second-order valence-electron chi connectivity index (χ2n) is 6.28. The molecular weight excluding hydrogens is 223 g/mol. The summed E-state index contributed by atoms with van der Waals surface area (Å²) in [6.45, 7) is 10.3. The zero-order valence-corrected chi connectivity index (χ0v) is 12.2. The highest BCUT2D eigenvalue weighted by Crippen LogP contribution is 2.36. The van der Waals surface area contributed by atoms with E-state index in [9.17, 15) is 4.79 Å². The number of rotatable bonds is 2. The van der Waals surface area contributed by atoms with Crippen LogP contribution in [-0.2, 0) is 11.7 Å². The van der Waals surface area contributed by atoms with Crippen LogP contribution < -0.4 is 5.69 Å². The van der Waals surface area contributed by atoms with E-state index in [-0.39, 0.29) is 23.1 Å². The van der Waals surface area contributed by atoms with E-state index in [2.05, 4.69) is 27.7 Å². The van der Waals surface area contributed by atoms with Crippen LogP contribution in [0.2, 0.25) is 0 Å². The Morgan fingerprint density at radius 3 is 2.22 bits per heavy atom. The van der Waals surface area contributed by atoms with E-state index in [0.717, 1.165) is 30.7 Å². The summed E-state index contributed by atoms with van der Waals surface area (Å²) in [5.74, 6) is 0. The van der Waals surface area contributed by atoms with Crippen molar-refractivity contribution in [1.29, 1.82) is 0 Å². The largest absolute Gasteiger partial charge is 0.329 e. The molecule has 0 saturated heterocycles. The Hall–Kier alpha value is -0.925. The normalized spacial score (nSPS) is 23.7. The monoisotopic (exact) mass is 246 g/mol. The van der Waals surface area contributed by atoms with Crippen molar-refractivity contribution in [2.75, 3.05) is 0 Å². The van der Waals surface area contributed by atoms with Gasteiger partial charge in [-0.05, 0) is 45.9 Å². The summed E-state index contributed by atoms with van der Waals surface area (Å²) in [6, 6.07) is 0.354. The summed E-state index contributed by atoms with van der Waals surface area (Å²) in [5, 5.41) is -0.378. The second kappa shape index (κ2) is 4.32. The highest BCUT2D eigenvalue weighted by atomic mass is 16.2. The molecule has 1 atom stereocenters. The van der Waals surface area contributed by atoms with E-state index in [1.165, 1.54) is 0 Å². The molecule has 1 aromatic rings. The predicted molar refractivity (Wildman–Crippen MR) is 75.5 cm³/mol. The van der Waals surface area contributed by atoms with Crippen LogP contribution >= 0.6 is 0 Å². The van der Waals surface area contributed by atoms with E-state index < -0.39 is 0 Å². The number of nitrogens with zero attached hydrogens (tertiary/aromatic N) is 2. The zero-order chi connectivity index (χ0) is 13.7. The molecule has 0 bridgehead atoms. The van der Waals surface area contributed by atoms with Crippen molar-refractivity contribution in [1.82, 2.24) is 9.13 Å². The van der Waals surface area contributed by atoms with E-state index in [1.54, 1.807) is 0 Å². The van der Waals surface area contributed by atoms with Crippen molar-refractivity contribution in [3.8, 4) is 0 Å². The molecule has 1 unspecified atom stereocenters. The lowest BCUT2D eigenvalue weighted by atomic mass is 9.62. The number of imidazole rings is 1. The third-order valence-electron chi connectivity index (χ3n) is 3.90. The zero-order valence-electron chi connectivity index (χ0n) is 12.2. The van der Waals surface area contributed by atoms with Gasteiger partial charge in [-0.2, -0.15) is 0 Å². The van der Waals surface area contributed by atoms with Crippen LogP contribution in [0.25, 0.3) is 0 Å². The van der Waals surface area contributed by atoms with E-state index in [4.69, 9.17) is 7.85 Å². The van der Waals surface area contributed by atoms with Crippen molar-refractivity contribution in [2.24, 2.45) is 0 Å². The van der Waals surface area contributed by atoms with Crippen LogP contribution in [0.5, 0.6) is 0 Å². The van der Waals surface area contributed by atoms with Crippen molar-refractivity contribution in [3.63, 3.8) is 0 Å². The second-order valence-corrected chi connectivity index (χ2v) is 6.28. The third kappa shape index (κ3) is 1.86. The van der Waals surface area contributed by atoms with Gasteiger partial charge in [0.05, 0.1) is 7.85 Å².